The molecule has 4 nitrogen and oxygen atoms in total. The molecule has 1 saturated carbocycles. The van der Waals surface area contributed by atoms with Crippen LogP contribution in [0.5, 0.6) is 11.5 Å². The van der Waals surface area contributed by atoms with Gasteiger partial charge in [0.2, 0.25) is 0 Å². The second-order valence-corrected chi connectivity index (χ2v) is 10.1. The molecule has 0 atom stereocenters. The summed E-state index contributed by atoms with van der Waals surface area (Å²) in [6.07, 6.45) is 3.45. The summed E-state index contributed by atoms with van der Waals surface area (Å²) in [5.41, 5.74) is 2.44. The summed E-state index contributed by atoms with van der Waals surface area (Å²) in [4.78, 5) is 14.8. The Kier molecular flexibility index (Phi) is 6.93. The molecule has 0 unspecified atom stereocenters. The molecular weight excluding hydrogens is 402 g/mol. The number of hydrogen-bond donors (Lipinski definition) is 0. The van der Waals surface area contributed by atoms with Gasteiger partial charge in [0, 0.05) is 12.6 Å². The van der Waals surface area contributed by atoms with E-state index in [0.717, 1.165) is 29.9 Å². The average Bonchev–Trinajstić information content (AvgIpc) is 3.62. The van der Waals surface area contributed by atoms with E-state index in [1.54, 1.807) is 7.11 Å². The van der Waals surface area contributed by atoms with Gasteiger partial charge in [0.1, 0.15) is 11.5 Å². The van der Waals surface area contributed by atoms with Gasteiger partial charge >= 0.3 is 0 Å². The first-order chi connectivity index (χ1) is 14.2. The molecule has 2 aliphatic rings. The van der Waals surface area contributed by atoms with Gasteiger partial charge in [-0.05, 0) is 66.2 Å². The van der Waals surface area contributed by atoms with E-state index in [0.29, 0.717) is 17.2 Å². The van der Waals surface area contributed by atoms with Crippen molar-refractivity contribution in [3.05, 3.63) is 59.7 Å². The maximum Gasteiger partial charge on any atom is 0.261 e. The summed E-state index contributed by atoms with van der Waals surface area (Å²) in [7, 11) is 1.66. The van der Waals surface area contributed by atoms with Crippen LogP contribution >= 0.6 is 23.5 Å². The molecule has 1 amide bonds. The Morgan fingerprint density at radius 3 is 2.28 bits per heavy atom. The molecule has 1 aliphatic carbocycles. The Morgan fingerprint density at radius 2 is 1.66 bits per heavy atom. The van der Waals surface area contributed by atoms with Crippen molar-refractivity contribution in [1.29, 1.82) is 0 Å². The van der Waals surface area contributed by atoms with Gasteiger partial charge in [-0.2, -0.15) is 0 Å². The molecule has 0 spiro atoms. The van der Waals surface area contributed by atoms with Gasteiger partial charge in [-0.3, -0.25) is 4.79 Å². The topological polar surface area (TPSA) is 38.8 Å². The van der Waals surface area contributed by atoms with Gasteiger partial charge in [-0.15, -0.1) is 23.5 Å². The van der Waals surface area contributed by atoms with Crippen LogP contribution in [0.4, 0.5) is 0 Å². The highest BCUT2D eigenvalue weighted by Gasteiger charge is 2.32. The van der Waals surface area contributed by atoms with E-state index in [4.69, 9.17) is 9.47 Å². The van der Waals surface area contributed by atoms with Crippen LogP contribution in [0.15, 0.2) is 48.5 Å². The molecule has 4 rings (SSSR count). The second-order valence-electron chi connectivity index (χ2n) is 7.39. The Morgan fingerprint density at radius 1 is 1.00 bits per heavy atom. The van der Waals surface area contributed by atoms with Crippen molar-refractivity contribution in [3.63, 3.8) is 0 Å². The lowest BCUT2D eigenvalue weighted by molar-refractivity contribution is -0.134. The molecular formula is C23H27NO3S2. The fourth-order valence-corrected chi connectivity index (χ4v) is 6.26. The van der Waals surface area contributed by atoms with Crippen molar-refractivity contribution < 1.29 is 14.3 Å². The summed E-state index contributed by atoms with van der Waals surface area (Å²) < 4.78 is 11.6. The molecule has 2 fully saturated rings. The monoisotopic (exact) mass is 429 g/mol. The number of hydrogen-bond acceptors (Lipinski definition) is 5. The smallest absolute Gasteiger partial charge is 0.261 e. The molecule has 0 aromatic heterocycles. The van der Waals surface area contributed by atoms with Crippen LogP contribution in [-0.2, 0) is 11.3 Å². The van der Waals surface area contributed by atoms with E-state index in [2.05, 4.69) is 12.1 Å². The number of carbonyl (C=O) groups excluding carboxylic acids is 1. The molecule has 6 heteroatoms. The van der Waals surface area contributed by atoms with E-state index in [1.165, 1.54) is 23.5 Å². The Balaban J connectivity index is 1.32. The normalized spacial score (nSPS) is 17.0. The number of amides is 1. The van der Waals surface area contributed by atoms with Crippen LogP contribution in [0.3, 0.4) is 0 Å². The number of methoxy groups -OCH3 is 1. The van der Waals surface area contributed by atoms with Gasteiger partial charge in [0.05, 0.1) is 11.7 Å². The molecule has 1 aliphatic heterocycles. The maximum atomic E-state index is 12.8. The molecule has 154 valence electrons. The Labute approximate surface area is 181 Å². The van der Waals surface area contributed by atoms with Crippen LogP contribution < -0.4 is 9.47 Å². The fraction of sp³-hybridized carbons (Fsp3) is 0.435. The molecule has 0 bridgehead atoms. The predicted molar refractivity (Wildman–Crippen MR) is 121 cm³/mol. The molecule has 2 aromatic carbocycles. The first-order valence-electron chi connectivity index (χ1n) is 10.1. The van der Waals surface area contributed by atoms with Crippen molar-refractivity contribution in [2.45, 2.75) is 36.4 Å². The minimum absolute atomic E-state index is 0.0470. The van der Waals surface area contributed by atoms with Crippen LogP contribution in [0, 0.1) is 0 Å². The van der Waals surface area contributed by atoms with E-state index in [9.17, 15) is 4.79 Å². The van der Waals surface area contributed by atoms with Crippen molar-refractivity contribution in [3.8, 4) is 11.5 Å². The van der Waals surface area contributed by atoms with Crippen LogP contribution in [0.25, 0.3) is 0 Å². The van der Waals surface area contributed by atoms with Crippen molar-refractivity contribution in [2.24, 2.45) is 0 Å². The highest BCUT2D eigenvalue weighted by molar-refractivity contribution is 8.16. The summed E-state index contributed by atoms with van der Waals surface area (Å²) in [5, 5.41) is 0. The number of ether oxygens (including phenoxy) is 2. The molecule has 0 N–H and O–H groups in total. The first-order valence-corrected chi connectivity index (χ1v) is 12.2. The van der Waals surface area contributed by atoms with Crippen molar-refractivity contribution in [1.82, 2.24) is 4.90 Å². The molecule has 1 saturated heterocycles. The standard InChI is InChI=1S/C23H27NO3S2/c1-26-20-9-3-17(4-10-20)15-24(19-7-8-19)22(25)16-27-21-11-5-18(6-12-21)23-28-13-2-14-29-23/h3-6,9-12,19,23H,2,7-8,13-16H2,1H3. The van der Waals surface area contributed by atoms with E-state index in [-0.39, 0.29) is 12.5 Å². The third kappa shape index (κ3) is 5.64. The molecule has 2 aromatic rings. The lowest BCUT2D eigenvalue weighted by Crippen LogP contribution is -2.36. The van der Waals surface area contributed by atoms with E-state index in [1.807, 2.05) is 64.8 Å². The van der Waals surface area contributed by atoms with Crippen molar-refractivity contribution in [2.75, 3.05) is 25.2 Å². The quantitative estimate of drug-likeness (QED) is 0.581. The second kappa shape index (κ2) is 9.81. The third-order valence-electron chi connectivity index (χ3n) is 5.16. The average molecular weight is 430 g/mol. The Bertz CT molecular complexity index is 800. The Hall–Kier alpha value is -1.79. The van der Waals surface area contributed by atoms with Crippen LogP contribution in [0.1, 0.15) is 35.0 Å². The van der Waals surface area contributed by atoms with Crippen LogP contribution in [0.2, 0.25) is 0 Å². The van der Waals surface area contributed by atoms with Crippen molar-refractivity contribution >= 4 is 29.4 Å². The van der Waals surface area contributed by atoms with Gasteiger partial charge in [-0.25, -0.2) is 0 Å². The first kappa shape index (κ1) is 20.5. The highest BCUT2D eigenvalue weighted by atomic mass is 32.2. The zero-order chi connectivity index (χ0) is 20.1. The number of thioether (sulfide) groups is 2. The van der Waals surface area contributed by atoms with Gasteiger partial charge in [0.25, 0.3) is 5.91 Å². The fourth-order valence-electron chi connectivity index (χ4n) is 3.36. The van der Waals surface area contributed by atoms with Crippen LogP contribution in [-0.4, -0.2) is 42.1 Å². The largest absolute Gasteiger partial charge is 0.497 e. The molecule has 1 heterocycles. The summed E-state index contributed by atoms with van der Waals surface area (Å²) in [5.74, 6) is 4.10. The third-order valence-corrected chi connectivity index (χ3v) is 8.18. The molecule has 0 radical (unpaired) electrons. The van der Waals surface area contributed by atoms with Gasteiger partial charge in [-0.1, -0.05) is 24.3 Å². The van der Waals surface area contributed by atoms with Gasteiger partial charge in [0.15, 0.2) is 6.61 Å². The minimum Gasteiger partial charge on any atom is -0.497 e. The van der Waals surface area contributed by atoms with E-state index >= 15 is 0 Å². The lowest BCUT2D eigenvalue weighted by atomic mass is 10.2. The van der Waals surface area contributed by atoms with E-state index < -0.39 is 0 Å². The number of rotatable bonds is 8. The predicted octanol–water partition coefficient (Wildman–Crippen LogP) is 5.13. The summed E-state index contributed by atoms with van der Waals surface area (Å²) >= 11 is 4.02. The zero-order valence-corrected chi connectivity index (χ0v) is 18.3. The SMILES string of the molecule is COc1ccc(CN(C(=O)COc2ccc(C3SCCCS3)cc2)C2CC2)cc1. The number of benzene rings is 2. The minimum atomic E-state index is 0.0470. The van der Waals surface area contributed by atoms with Gasteiger partial charge < -0.3 is 14.4 Å². The lowest BCUT2D eigenvalue weighted by Gasteiger charge is -2.23. The highest BCUT2D eigenvalue weighted by Crippen LogP contribution is 2.43. The number of nitrogens with zero attached hydrogens (tertiary/aromatic N) is 1. The number of carbonyl (C=O) groups is 1. The zero-order valence-electron chi connectivity index (χ0n) is 16.7. The summed E-state index contributed by atoms with van der Waals surface area (Å²) in [6.45, 7) is 0.699. The maximum absolute atomic E-state index is 12.8. The summed E-state index contributed by atoms with van der Waals surface area (Å²) in [6, 6.07) is 16.5. The molecule has 29 heavy (non-hydrogen) atoms.